The van der Waals surface area contributed by atoms with Crippen LogP contribution in [0, 0.1) is 6.92 Å². The van der Waals surface area contributed by atoms with E-state index >= 15 is 0 Å². The maximum atomic E-state index is 6.39. The minimum absolute atomic E-state index is 0.705. The largest absolute Gasteiger partial charge is 0.496 e. The Hall–Kier alpha value is -2.49. The second-order valence-electron chi connectivity index (χ2n) is 7.27. The Morgan fingerprint density at radius 1 is 1.04 bits per heavy atom. The van der Waals surface area contributed by atoms with Crippen LogP contribution >= 0.6 is 11.6 Å². The van der Waals surface area contributed by atoms with Crippen molar-refractivity contribution in [2.45, 2.75) is 26.2 Å². The van der Waals surface area contributed by atoms with Crippen LogP contribution in [0.15, 0.2) is 48.5 Å². The maximum Gasteiger partial charge on any atom is 0.128 e. The predicted molar refractivity (Wildman–Crippen MR) is 120 cm³/mol. The number of hydrogen-bond acceptors (Lipinski definition) is 2. The molecule has 0 atom stereocenters. The number of aromatic nitrogens is 1. The smallest absolute Gasteiger partial charge is 0.128 e. The van der Waals surface area contributed by atoms with Crippen molar-refractivity contribution in [1.29, 1.82) is 0 Å². The lowest BCUT2D eigenvalue weighted by Crippen LogP contribution is -1.99. The Bertz CT molecular complexity index is 1150. The Morgan fingerprint density at radius 3 is 2.50 bits per heavy atom. The first-order chi connectivity index (χ1) is 13.6. The molecule has 4 rings (SSSR count). The fraction of sp³-hybridized carbons (Fsp3) is 0.250. The number of benzene rings is 3. The highest BCUT2D eigenvalue weighted by molar-refractivity contribution is 6.31. The second-order valence-corrected chi connectivity index (χ2v) is 7.71. The van der Waals surface area contributed by atoms with E-state index in [4.69, 9.17) is 22.1 Å². The Kier molecular flexibility index (Phi) is 5.29. The summed E-state index contributed by atoms with van der Waals surface area (Å²) in [4.78, 5) is 3.67. The molecule has 0 saturated heterocycles. The number of nitrogens with one attached hydrogen (secondary N) is 1. The molecule has 3 aromatic carbocycles. The molecule has 0 amide bonds. The summed E-state index contributed by atoms with van der Waals surface area (Å²) in [5.74, 6) is 0.870. The molecule has 144 valence electrons. The van der Waals surface area contributed by atoms with Gasteiger partial charge in [0.2, 0.25) is 0 Å². The number of unbranched alkanes of at least 4 members (excludes halogenated alkanes) is 1. The van der Waals surface area contributed by atoms with Crippen LogP contribution in [-0.4, -0.2) is 18.6 Å². The average Bonchev–Trinajstić information content (AvgIpc) is 3.06. The van der Waals surface area contributed by atoms with Gasteiger partial charge in [0.15, 0.2) is 0 Å². The van der Waals surface area contributed by atoms with Crippen LogP contribution in [0.4, 0.5) is 0 Å². The zero-order valence-electron chi connectivity index (χ0n) is 16.3. The van der Waals surface area contributed by atoms with Crippen molar-refractivity contribution < 1.29 is 4.74 Å². The molecule has 28 heavy (non-hydrogen) atoms. The normalized spacial score (nSPS) is 11.4. The number of aryl methyl sites for hydroxylation is 2. The van der Waals surface area contributed by atoms with Crippen molar-refractivity contribution in [2.75, 3.05) is 13.7 Å². The van der Waals surface area contributed by atoms with Crippen molar-refractivity contribution in [3.8, 4) is 17.0 Å². The van der Waals surface area contributed by atoms with E-state index in [0.717, 1.165) is 52.4 Å². The van der Waals surface area contributed by atoms with Crippen LogP contribution in [0.1, 0.15) is 24.0 Å². The molecular weight excluding hydrogens is 368 g/mol. The lowest BCUT2D eigenvalue weighted by atomic mass is 9.97. The number of methoxy groups -OCH3 is 1. The van der Waals surface area contributed by atoms with Gasteiger partial charge in [0.05, 0.1) is 12.8 Å². The van der Waals surface area contributed by atoms with E-state index in [9.17, 15) is 0 Å². The Morgan fingerprint density at radius 2 is 1.79 bits per heavy atom. The molecule has 0 saturated carbocycles. The van der Waals surface area contributed by atoms with Crippen molar-refractivity contribution in [3.63, 3.8) is 0 Å². The van der Waals surface area contributed by atoms with E-state index in [1.54, 1.807) is 7.11 Å². The first-order valence-corrected chi connectivity index (χ1v) is 10.1. The Labute approximate surface area is 170 Å². The van der Waals surface area contributed by atoms with Gasteiger partial charge in [-0.25, -0.2) is 0 Å². The van der Waals surface area contributed by atoms with Gasteiger partial charge in [-0.2, -0.15) is 0 Å². The number of nitrogens with two attached hydrogens (primary N) is 1. The van der Waals surface area contributed by atoms with Crippen molar-refractivity contribution in [1.82, 2.24) is 4.98 Å². The first kappa shape index (κ1) is 18.9. The molecule has 0 aliphatic heterocycles. The molecule has 0 fully saturated rings. The molecule has 4 aromatic rings. The van der Waals surface area contributed by atoms with Gasteiger partial charge in [-0.05, 0) is 78.9 Å². The van der Waals surface area contributed by atoms with Gasteiger partial charge in [-0.1, -0.05) is 35.9 Å². The van der Waals surface area contributed by atoms with Crippen LogP contribution in [-0.2, 0) is 6.42 Å². The molecular formula is C24H25ClN2O. The van der Waals surface area contributed by atoms with E-state index in [-0.39, 0.29) is 0 Å². The molecule has 0 radical (unpaired) electrons. The molecule has 4 heteroatoms. The summed E-state index contributed by atoms with van der Waals surface area (Å²) in [6, 6.07) is 16.8. The minimum atomic E-state index is 0.705. The van der Waals surface area contributed by atoms with Crippen LogP contribution < -0.4 is 10.5 Å². The lowest BCUT2D eigenvalue weighted by Gasteiger charge is -2.12. The monoisotopic (exact) mass is 392 g/mol. The third-order valence-electron chi connectivity index (χ3n) is 5.40. The fourth-order valence-corrected chi connectivity index (χ4v) is 4.27. The summed E-state index contributed by atoms with van der Waals surface area (Å²) in [5.41, 5.74) is 11.5. The van der Waals surface area contributed by atoms with Gasteiger partial charge in [-0.15, -0.1) is 0 Å². The summed E-state index contributed by atoms with van der Waals surface area (Å²) < 4.78 is 5.77. The predicted octanol–water partition coefficient (Wildman–Crippen LogP) is 6.24. The lowest BCUT2D eigenvalue weighted by molar-refractivity contribution is 0.417. The van der Waals surface area contributed by atoms with Gasteiger partial charge in [0, 0.05) is 21.5 Å². The zero-order chi connectivity index (χ0) is 19.7. The van der Waals surface area contributed by atoms with Crippen molar-refractivity contribution >= 4 is 33.3 Å². The fourth-order valence-electron chi connectivity index (χ4n) is 4.00. The number of hydrogen-bond donors (Lipinski definition) is 2. The minimum Gasteiger partial charge on any atom is -0.496 e. The number of fused-ring (bicyclic) bond motifs is 2. The average molecular weight is 393 g/mol. The summed E-state index contributed by atoms with van der Waals surface area (Å²) in [5, 5.41) is 4.32. The second kappa shape index (κ2) is 7.86. The topological polar surface area (TPSA) is 51.0 Å². The molecule has 0 aliphatic rings. The van der Waals surface area contributed by atoms with Crippen molar-refractivity contribution in [2.24, 2.45) is 5.73 Å². The van der Waals surface area contributed by atoms with Gasteiger partial charge in [-0.3, -0.25) is 0 Å². The third-order valence-corrected chi connectivity index (χ3v) is 5.61. The molecule has 0 aliphatic carbocycles. The number of rotatable bonds is 6. The van der Waals surface area contributed by atoms with Gasteiger partial charge >= 0.3 is 0 Å². The number of H-pyrrole nitrogens is 1. The van der Waals surface area contributed by atoms with Gasteiger partial charge < -0.3 is 15.5 Å². The molecule has 3 nitrogen and oxygen atoms in total. The summed E-state index contributed by atoms with van der Waals surface area (Å²) >= 11 is 6.39. The Balaban J connectivity index is 1.98. The molecule has 1 heterocycles. The highest BCUT2D eigenvalue weighted by Crippen LogP contribution is 2.40. The van der Waals surface area contributed by atoms with Gasteiger partial charge in [0.1, 0.15) is 5.75 Å². The van der Waals surface area contributed by atoms with Crippen molar-refractivity contribution in [3.05, 3.63) is 64.7 Å². The van der Waals surface area contributed by atoms with Crippen LogP contribution in [0.2, 0.25) is 5.02 Å². The summed E-state index contributed by atoms with van der Waals surface area (Å²) in [7, 11) is 1.73. The SMILES string of the molecule is COc1cc2ccccc2cc1-c1[nH]c2c(C)cc(Cl)cc2c1CCCCN. The molecule has 1 aromatic heterocycles. The van der Waals surface area contributed by atoms with Crippen LogP contribution in [0.5, 0.6) is 5.75 Å². The molecule has 0 spiro atoms. The van der Waals surface area contributed by atoms with E-state index in [2.05, 4.69) is 48.3 Å². The summed E-state index contributed by atoms with van der Waals surface area (Å²) in [6.45, 7) is 2.80. The van der Waals surface area contributed by atoms with Crippen LogP contribution in [0.3, 0.4) is 0 Å². The third kappa shape index (κ3) is 3.36. The van der Waals surface area contributed by atoms with E-state index in [1.807, 2.05) is 12.1 Å². The number of ether oxygens (including phenoxy) is 1. The quantitative estimate of drug-likeness (QED) is 0.381. The van der Waals surface area contributed by atoms with E-state index in [1.165, 1.54) is 21.7 Å². The maximum absolute atomic E-state index is 6.39. The molecule has 3 N–H and O–H groups in total. The zero-order valence-corrected chi connectivity index (χ0v) is 17.1. The first-order valence-electron chi connectivity index (χ1n) is 9.70. The highest BCUT2D eigenvalue weighted by atomic mass is 35.5. The summed E-state index contributed by atoms with van der Waals surface area (Å²) in [6.07, 6.45) is 2.99. The number of aromatic amines is 1. The van der Waals surface area contributed by atoms with Crippen LogP contribution in [0.25, 0.3) is 32.9 Å². The van der Waals surface area contributed by atoms with E-state index in [0.29, 0.717) is 6.54 Å². The van der Waals surface area contributed by atoms with E-state index < -0.39 is 0 Å². The standard InChI is InChI=1S/C24H25ClN2O/c1-15-11-18(25)14-20-19(9-5-6-10-26)24(27-23(15)20)21-12-16-7-3-4-8-17(16)13-22(21)28-2/h3-4,7-8,11-14,27H,5-6,9-10,26H2,1-2H3. The highest BCUT2D eigenvalue weighted by Gasteiger charge is 2.18. The van der Waals surface area contributed by atoms with Gasteiger partial charge in [0.25, 0.3) is 0 Å². The molecule has 0 unspecified atom stereocenters. The molecule has 0 bridgehead atoms. The number of halogens is 1.